The Morgan fingerprint density at radius 2 is 2.00 bits per heavy atom. The number of pyridine rings is 2. The molecule has 2 N–H and O–H groups in total. The molecule has 0 saturated heterocycles. The van der Waals surface area contributed by atoms with Gasteiger partial charge in [-0.1, -0.05) is 11.2 Å². The van der Waals surface area contributed by atoms with Gasteiger partial charge < -0.3 is 19.4 Å². The van der Waals surface area contributed by atoms with Crippen LogP contribution in [-0.2, 0) is 6.42 Å². The minimum absolute atomic E-state index is 0.410. The summed E-state index contributed by atoms with van der Waals surface area (Å²) in [6, 6.07) is 11.1. The third-order valence-electron chi connectivity index (χ3n) is 4.06. The van der Waals surface area contributed by atoms with Gasteiger partial charge in [0.2, 0.25) is 5.88 Å². The van der Waals surface area contributed by atoms with Gasteiger partial charge in [0.1, 0.15) is 17.3 Å². The maximum atomic E-state index is 5.88. The molecular weight excluding hydrogens is 344 g/mol. The van der Waals surface area contributed by atoms with Crippen molar-refractivity contribution in [1.82, 2.24) is 15.1 Å². The highest BCUT2D eigenvalue weighted by atomic mass is 16.5. The number of anilines is 1. The number of nitrogen functional groups attached to an aromatic ring is 1. The summed E-state index contributed by atoms with van der Waals surface area (Å²) >= 11 is 0. The molecule has 0 aliphatic rings. The molecule has 0 aliphatic carbocycles. The lowest BCUT2D eigenvalue weighted by molar-refractivity contribution is 0.425. The van der Waals surface area contributed by atoms with E-state index in [1.54, 1.807) is 18.5 Å². The largest absolute Gasteiger partial charge is 0.463 e. The average molecular weight is 362 g/mol. The monoisotopic (exact) mass is 362 g/mol. The lowest BCUT2D eigenvalue weighted by atomic mass is 10.1. The molecule has 4 aromatic heterocycles. The van der Waals surface area contributed by atoms with Gasteiger partial charge >= 0.3 is 0 Å². The SMILES string of the molecule is Cc1cc(Oc2ccc(Cc3cc(-c4cccnc4N)on3)cn2)c(C)o1. The summed E-state index contributed by atoms with van der Waals surface area (Å²) in [7, 11) is 0. The van der Waals surface area contributed by atoms with Gasteiger partial charge in [0.25, 0.3) is 0 Å². The van der Waals surface area contributed by atoms with Gasteiger partial charge in [-0.15, -0.1) is 0 Å². The summed E-state index contributed by atoms with van der Waals surface area (Å²) in [5.41, 5.74) is 8.37. The Morgan fingerprint density at radius 3 is 2.70 bits per heavy atom. The van der Waals surface area contributed by atoms with Crippen molar-refractivity contribution in [3.8, 4) is 23.0 Å². The predicted octanol–water partition coefficient (Wildman–Crippen LogP) is 4.31. The average Bonchev–Trinajstić information content (AvgIpc) is 3.23. The third kappa shape index (κ3) is 3.67. The molecule has 27 heavy (non-hydrogen) atoms. The number of aromatic nitrogens is 3. The summed E-state index contributed by atoms with van der Waals surface area (Å²) in [5, 5.41) is 4.10. The standard InChI is InChI=1S/C20H18N4O3/c1-12-8-17(13(2)25-12)26-19-6-5-14(11-23-19)9-15-10-18(27-24-15)16-4-3-7-22-20(16)21/h3-8,10-11H,9H2,1-2H3,(H2,21,22). The maximum Gasteiger partial charge on any atom is 0.219 e. The first-order valence-electron chi connectivity index (χ1n) is 8.45. The van der Waals surface area contributed by atoms with Crippen LogP contribution in [0.5, 0.6) is 11.6 Å². The van der Waals surface area contributed by atoms with Gasteiger partial charge in [-0.2, -0.15) is 0 Å². The van der Waals surface area contributed by atoms with E-state index in [1.165, 1.54) is 0 Å². The van der Waals surface area contributed by atoms with Crippen molar-refractivity contribution in [3.63, 3.8) is 0 Å². The van der Waals surface area contributed by atoms with Crippen LogP contribution < -0.4 is 10.5 Å². The first kappa shape index (κ1) is 16.8. The number of ether oxygens (including phenoxy) is 1. The first-order chi connectivity index (χ1) is 13.1. The van der Waals surface area contributed by atoms with Gasteiger partial charge in [0.05, 0.1) is 11.3 Å². The maximum absolute atomic E-state index is 5.88. The van der Waals surface area contributed by atoms with Crippen molar-refractivity contribution in [2.75, 3.05) is 5.73 Å². The number of hydrogen-bond donors (Lipinski definition) is 1. The number of nitrogens with zero attached hydrogens (tertiary/aromatic N) is 3. The molecule has 0 spiro atoms. The number of aryl methyl sites for hydroxylation is 2. The smallest absolute Gasteiger partial charge is 0.219 e. The van der Waals surface area contributed by atoms with Crippen LogP contribution in [0.15, 0.2) is 57.7 Å². The first-order valence-corrected chi connectivity index (χ1v) is 8.45. The highest BCUT2D eigenvalue weighted by Crippen LogP contribution is 2.28. The fraction of sp³-hybridized carbons (Fsp3) is 0.150. The van der Waals surface area contributed by atoms with Gasteiger partial charge in [-0.3, -0.25) is 0 Å². The molecule has 0 bridgehead atoms. The number of hydrogen-bond acceptors (Lipinski definition) is 7. The molecule has 0 radical (unpaired) electrons. The Morgan fingerprint density at radius 1 is 1.11 bits per heavy atom. The number of rotatable bonds is 5. The number of nitrogens with two attached hydrogens (primary N) is 1. The van der Waals surface area contributed by atoms with E-state index in [0.717, 1.165) is 28.3 Å². The molecule has 0 aromatic carbocycles. The van der Waals surface area contributed by atoms with Gasteiger partial charge in [0.15, 0.2) is 11.5 Å². The second-order valence-corrected chi connectivity index (χ2v) is 6.18. The lowest BCUT2D eigenvalue weighted by Gasteiger charge is -2.03. The second-order valence-electron chi connectivity index (χ2n) is 6.18. The Bertz CT molecular complexity index is 1070. The number of furan rings is 1. The molecule has 7 nitrogen and oxygen atoms in total. The van der Waals surface area contributed by atoms with Crippen LogP contribution in [0.3, 0.4) is 0 Å². The normalized spacial score (nSPS) is 10.9. The highest BCUT2D eigenvalue weighted by Gasteiger charge is 2.12. The van der Waals surface area contributed by atoms with E-state index in [-0.39, 0.29) is 0 Å². The van der Waals surface area contributed by atoms with Crippen LogP contribution in [-0.4, -0.2) is 15.1 Å². The van der Waals surface area contributed by atoms with Crippen LogP contribution in [0, 0.1) is 13.8 Å². The van der Waals surface area contributed by atoms with Crippen molar-refractivity contribution < 1.29 is 13.7 Å². The van der Waals surface area contributed by atoms with Gasteiger partial charge in [-0.25, -0.2) is 9.97 Å². The topological polar surface area (TPSA) is 100 Å². The van der Waals surface area contributed by atoms with Crippen molar-refractivity contribution >= 4 is 5.82 Å². The van der Waals surface area contributed by atoms with E-state index in [0.29, 0.717) is 29.6 Å². The molecule has 136 valence electrons. The molecule has 4 rings (SSSR count). The van der Waals surface area contributed by atoms with Gasteiger partial charge in [0, 0.05) is 37.0 Å². The van der Waals surface area contributed by atoms with Crippen LogP contribution in [0.4, 0.5) is 5.82 Å². The summed E-state index contributed by atoms with van der Waals surface area (Å²) in [5.74, 6) is 3.70. The van der Waals surface area contributed by atoms with E-state index < -0.39 is 0 Å². The molecule has 0 saturated carbocycles. The highest BCUT2D eigenvalue weighted by molar-refractivity contribution is 5.69. The minimum Gasteiger partial charge on any atom is -0.463 e. The Balaban J connectivity index is 1.46. The molecule has 4 heterocycles. The molecule has 4 aromatic rings. The van der Waals surface area contributed by atoms with E-state index in [1.807, 2.05) is 44.2 Å². The van der Waals surface area contributed by atoms with Crippen molar-refractivity contribution in [2.24, 2.45) is 0 Å². The molecule has 0 aliphatic heterocycles. The molecular formula is C20H18N4O3. The zero-order valence-corrected chi connectivity index (χ0v) is 15.0. The zero-order chi connectivity index (χ0) is 18.8. The summed E-state index contributed by atoms with van der Waals surface area (Å²) in [6.07, 6.45) is 3.98. The van der Waals surface area contributed by atoms with E-state index in [2.05, 4.69) is 15.1 Å². The zero-order valence-electron chi connectivity index (χ0n) is 15.0. The van der Waals surface area contributed by atoms with E-state index in [9.17, 15) is 0 Å². The van der Waals surface area contributed by atoms with Crippen LogP contribution >= 0.6 is 0 Å². The van der Waals surface area contributed by atoms with Crippen molar-refractivity contribution in [1.29, 1.82) is 0 Å². The minimum atomic E-state index is 0.410. The summed E-state index contributed by atoms with van der Waals surface area (Å²) in [4.78, 5) is 8.41. The van der Waals surface area contributed by atoms with Crippen LogP contribution in [0.1, 0.15) is 22.8 Å². The molecule has 0 amide bonds. The molecule has 0 fully saturated rings. The molecule has 0 unspecified atom stereocenters. The fourth-order valence-corrected chi connectivity index (χ4v) is 2.75. The Labute approximate surface area is 155 Å². The van der Waals surface area contributed by atoms with Gasteiger partial charge in [-0.05, 0) is 31.5 Å². The van der Waals surface area contributed by atoms with Crippen molar-refractivity contribution in [3.05, 3.63) is 71.6 Å². The molecule has 0 atom stereocenters. The lowest BCUT2D eigenvalue weighted by Crippen LogP contribution is -1.92. The second kappa shape index (κ2) is 6.95. The fourth-order valence-electron chi connectivity index (χ4n) is 2.75. The Kier molecular flexibility index (Phi) is 4.33. The van der Waals surface area contributed by atoms with Crippen LogP contribution in [0.25, 0.3) is 11.3 Å². The van der Waals surface area contributed by atoms with E-state index in [4.69, 9.17) is 19.4 Å². The molecule has 7 heteroatoms. The third-order valence-corrected chi connectivity index (χ3v) is 4.06. The Hall–Kier alpha value is -3.61. The summed E-state index contributed by atoms with van der Waals surface area (Å²) < 4.78 is 16.6. The quantitative estimate of drug-likeness (QED) is 0.564. The van der Waals surface area contributed by atoms with Crippen LogP contribution in [0.2, 0.25) is 0 Å². The van der Waals surface area contributed by atoms with E-state index >= 15 is 0 Å². The van der Waals surface area contributed by atoms with Crippen molar-refractivity contribution in [2.45, 2.75) is 20.3 Å². The predicted molar refractivity (Wildman–Crippen MR) is 99.4 cm³/mol. The summed E-state index contributed by atoms with van der Waals surface area (Å²) in [6.45, 7) is 3.73.